The first-order chi connectivity index (χ1) is 9.71. The molecule has 2 N–H and O–H groups in total. The smallest absolute Gasteiger partial charge is 0.203 e. The molecule has 0 saturated heterocycles. The first-order valence-corrected chi connectivity index (χ1v) is 6.32. The summed E-state index contributed by atoms with van der Waals surface area (Å²) in [4.78, 5) is 0. The number of nitrogen functional groups attached to an aromatic ring is 1. The molecule has 0 atom stereocenters. The van der Waals surface area contributed by atoms with Gasteiger partial charge < -0.3 is 19.9 Å². The summed E-state index contributed by atoms with van der Waals surface area (Å²) < 4.78 is 16.1. The van der Waals surface area contributed by atoms with Gasteiger partial charge in [-0.15, -0.1) is 0 Å². The highest BCUT2D eigenvalue weighted by Gasteiger charge is 2.19. The summed E-state index contributed by atoms with van der Waals surface area (Å²) in [6.45, 7) is 0. The van der Waals surface area contributed by atoms with Crippen LogP contribution < -0.4 is 19.9 Å². The van der Waals surface area contributed by atoms with E-state index in [9.17, 15) is 0 Å². The molecule has 2 rings (SSSR count). The van der Waals surface area contributed by atoms with Crippen molar-refractivity contribution in [3.63, 3.8) is 0 Å². The van der Waals surface area contributed by atoms with Gasteiger partial charge in [0.25, 0.3) is 0 Å². The highest BCUT2D eigenvalue weighted by Crippen LogP contribution is 2.43. The fourth-order valence-corrected chi connectivity index (χ4v) is 2.22. The largest absolute Gasteiger partial charge is 0.493 e. The summed E-state index contributed by atoms with van der Waals surface area (Å²) >= 11 is 0. The SMILES string of the molecule is COc1cc(N)c(Cc2ccccc2)c(OC)c1OC. The lowest BCUT2D eigenvalue weighted by Gasteiger charge is -2.18. The molecule has 0 saturated carbocycles. The van der Waals surface area contributed by atoms with Gasteiger partial charge in [-0.05, 0) is 5.56 Å². The molecule has 0 aliphatic rings. The minimum Gasteiger partial charge on any atom is -0.493 e. The van der Waals surface area contributed by atoms with E-state index in [1.807, 2.05) is 18.2 Å². The summed E-state index contributed by atoms with van der Waals surface area (Å²) in [5.41, 5.74) is 8.81. The second kappa shape index (κ2) is 6.19. The van der Waals surface area contributed by atoms with E-state index in [1.54, 1.807) is 27.4 Å². The van der Waals surface area contributed by atoms with E-state index in [2.05, 4.69) is 12.1 Å². The van der Waals surface area contributed by atoms with E-state index in [0.717, 1.165) is 11.1 Å². The zero-order valence-electron chi connectivity index (χ0n) is 12.0. The van der Waals surface area contributed by atoms with Crippen molar-refractivity contribution in [3.05, 3.63) is 47.5 Å². The molecule has 0 amide bonds. The summed E-state index contributed by atoms with van der Waals surface area (Å²) in [6.07, 6.45) is 0.677. The molecule has 106 valence electrons. The maximum Gasteiger partial charge on any atom is 0.203 e. The quantitative estimate of drug-likeness (QED) is 0.851. The molecule has 0 aliphatic carbocycles. The van der Waals surface area contributed by atoms with Crippen molar-refractivity contribution >= 4 is 5.69 Å². The lowest BCUT2D eigenvalue weighted by Crippen LogP contribution is -2.04. The first-order valence-electron chi connectivity index (χ1n) is 6.32. The van der Waals surface area contributed by atoms with Crippen molar-refractivity contribution < 1.29 is 14.2 Å². The fraction of sp³-hybridized carbons (Fsp3) is 0.250. The second-order valence-electron chi connectivity index (χ2n) is 4.38. The van der Waals surface area contributed by atoms with Crippen LogP contribution in [0.25, 0.3) is 0 Å². The van der Waals surface area contributed by atoms with Gasteiger partial charge in [-0.3, -0.25) is 0 Å². The molecule has 2 aromatic rings. The lowest BCUT2D eigenvalue weighted by atomic mass is 10.0. The number of methoxy groups -OCH3 is 3. The van der Waals surface area contributed by atoms with Gasteiger partial charge in [0.2, 0.25) is 5.75 Å². The average molecular weight is 273 g/mol. The van der Waals surface area contributed by atoms with E-state index in [0.29, 0.717) is 29.4 Å². The fourth-order valence-electron chi connectivity index (χ4n) is 2.22. The van der Waals surface area contributed by atoms with Crippen LogP contribution in [-0.2, 0) is 6.42 Å². The third-order valence-electron chi connectivity index (χ3n) is 3.19. The normalized spacial score (nSPS) is 10.2. The van der Waals surface area contributed by atoms with Gasteiger partial charge in [-0.2, -0.15) is 0 Å². The Bertz CT molecular complexity index is 582. The van der Waals surface area contributed by atoms with Gasteiger partial charge in [0.05, 0.1) is 21.3 Å². The number of nitrogens with two attached hydrogens (primary N) is 1. The molecule has 4 heteroatoms. The van der Waals surface area contributed by atoms with Crippen LogP contribution in [0.3, 0.4) is 0 Å². The zero-order chi connectivity index (χ0) is 14.5. The summed E-state index contributed by atoms with van der Waals surface area (Å²) in [7, 11) is 4.77. The second-order valence-corrected chi connectivity index (χ2v) is 4.38. The zero-order valence-corrected chi connectivity index (χ0v) is 12.0. The van der Waals surface area contributed by atoms with Crippen LogP contribution in [0, 0.1) is 0 Å². The topological polar surface area (TPSA) is 53.7 Å². The van der Waals surface area contributed by atoms with Gasteiger partial charge in [0.1, 0.15) is 0 Å². The number of rotatable bonds is 5. The van der Waals surface area contributed by atoms with Gasteiger partial charge >= 0.3 is 0 Å². The Kier molecular flexibility index (Phi) is 4.35. The van der Waals surface area contributed by atoms with E-state index in [-0.39, 0.29) is 0 Å². The van der Waals surface area contributed by atoms with Crippen molar-refractivity contribution in [2.24, 2.45) is 0 Å². The minimum absolute atomic E-state index is 0.565. The van der Waals surface area contributed by atoms with Crippen molar-refractivity contribution in [2.75, 3.05) is 27.1 Å². The molecule has 0 spiro atoms. The predicted octanol–water partition coefficient (Wildman–Crippen LogP) is 2.89. The van der Waals surface area contributed by atoms with Crippen molar-refractivity contribution in [3.8, 4) is 17.2 Å². The molecule has 0 unspecified atom stereocenters. The number of hydrogen-bond acceptors (Lipinski definition) is 4. The third kappa shape index (κ3) is 2.64. The van der Waals surface area contributed by atoms with Gasteiger partial charge in [0, 0.05) is 23.7 Å². The molecule has 20 heavy (non-hydrogen) atoms. The van der Waals surface area contributed by atoms with Crippen LogP contribution in [0.1, 0.15) is 11.1 Å². The third-order valence-corrected chi connectivity index (χ3v) is 3.19. The lowest BCUT2D eigenvalue weighted by molar-refractivity contribution is 0.323. The minimum atomic E-state index is 0.565. The molecule has 0 heterocycles. The Labute approximate surface area is 119 Å². The molecule has 0 aromatic heterocycles. The predicted molar refractivity (Wildman–Crippen MR) is 79.8 cm³/mol. The Morgan fingerprint density at radius 3 is 2.10 bits per heavy atom. The van der Waals surface area contributed by atoms with Gasteiger partial charge in [0.15, 0.2) is 11.5 Å². The maximum absolute atomic E-state index is 6.13. The summed E-state index contributed by atoms with van der Waals surface area (Å²) in [6, 6.07) is 11.8. The highest BCUT2D eigenvalue weighted by molar-refractivity contribution is 5.67. The van der Waals surface area contributed by atoms with Crippen LogP contribution in [0.15, 0.2) is 36.4 Å². The van der Waals surface area contributed by atoms with Crippen LogP contribution in [0.5, 0.6) is 17.2 Å². The van der Waals surface area contributed by atoms with Crippen LogP contribution in [0.4, 0.5) is 5.69 Å². The van der Waals surface area contributed by atoms with Crippen molar-refractivity contribution in [2.45, 2.75) is 6.42 Å². The van der Waals surface area contributed by atoms with E-state index in [4.69, 9.17) is 19.9 Å². The van der Waals surface area contributed by atoms with E-state index >= 15 is 0 Å². The van der Waals surface area contributed by atoms with Gasteiger partial charge in [-0.25, -0.2) is 0 Å². The van der Waals surface area contributed by atoms with Gasteiger partial charge in [-0.1, -0.05) is 30.3 Å². The molecule has 0 radical (unpaired) electrons. The Morgan fingerprint density at radius 2 is 1.55 bits per heavy atom. The summed E-state index contributed by atoms with van der Waals surface area (Å²) in [5, 5.41) is 0. The molecule has 4 nitrogen and oxygen atoms in total. The molecule has 0 fully saturated rings. The monoisotopic (exact) mass is 273 g/mol. The van der Waals surface area contributed by atoms with Crippen molar-refractivity contribution in [1.29, 1.82) is 0 Å². The molecule has 0 aliphatic heterocycles. The average Bonchev–Trinajstić information content (AvgIpc) is 2.49. The van der Waals surface area contributed by atoms with E-state index < -0.39 is 0 Å². The molecule has 2 aromatic carbocycles. The summed E-state index contributed by atoms with van der Waals surface area (Å²) in [5.74, 6) is 1.75. The van der Waals surface area contributed by atoms with Crippen LogP contribution in [0.2, 0.25) is 0 Å². The Morgan fingerprint density at radius 1 is 0.900 bits per heavy atom. The number of ether oxygens (including phenoxy) is 3. The number of benzene rings is 2. The van der Waals surface area contributed by atoms with Crippen LogP contribution in [-0.4, -0.2) is 21.3 Å². The molecular weight excluding hydrogens is 254 g/mol. The first kappa shape index (κ1) is 14.1. The maximum atomic E-state index is 6.13. The molecule has 0 bridgehead atoms. The highest BCUT2D eigenvalue weighted by atomic mass is 16.5. The number of anilines is 1. The Balaban J connectivity index is 2.52. The van der Waals surface area contributed by atoms with Crippen molar-refractivity contribution in [1.82, 2.24) is 0 Å². The van der Waals surface area contributed by atoms with E-state index in [1.165, 1.54) is 0 Å². The van der Waals surface area contributed by atoms with Crippen LogP contribution >= 0.6 is 0 Å². The standard InChI is InChI=1S/C16H19NO3/c1-18-14-10-13(17)12(15(19-2)16(14)20-3)9-11-7-5-4-6-8-11/h4-8,10H,9,17H2,1-3H3. The Hall–Kier alpha value is -2.36. The number of hydrogen-bond donors (Lipinski definition) is 1. The molecular formula is C16H19NO3.